The molecule has 2 aromatic rings. The first-order valence-electron chi connectivity index (χ1n) is 5.26. The largest absolute Gasteiger partial charge is 0.278 e. The van der Waals surface area contributed by atoms with Crippen LogP contribution in [-0.4, -0.2) is 6.21 Å². The molecule has 0 saturated heterocycles. The van der Waals surface area contributed by atoms with Gasteiger partial charge in [0.1, 0.15) is 11.6 Å². The van der Waals surface area contributed by atoms with Crippen LogP contribution < -0.4 is 5.43 Å². The van der Waals surface area contributed by atoms with Crippen LogP contribution in [-0.2, 0) is 0 Å². The van der Waals surface area contributed by atoms with Gasteiger partial charge in [-0.25, -0.2) is 8.78 Å². The Balaban J connectivity index is 2.13. The average Bonchev–Trinajstić information content (AvgIpc) is 2.37. The molecule has 0 aliphatic heterocycles. The summed E-state index contributed by atoms with van der Waals surface area (Å²) in [5.74, 6) is -1.36. The van der Waals surface area contributed by atoms with E-state index < -0.39 is 11.6 Å². The van der Waals surface area contributed by atoms with E-state index in [1.807, 2.05) is 0 Å². The third kappa shape index (κ3) is 3.43. The van der Waals surface area contributed by atoms with Gasteiger partial charge in [0.2, 0.25) is 0 Å². The molecule has 0 amide bonds. The third-order valence-corrected chi connectivity index (χ3v) is 3.05. The standard InChI is InChI=1S/C13H8Cl2F2N2/c14-10-5-4-8(6-11(10)15)19-18-7-9-12(16)2-1-3-13(9)17/h1-7,19H/b18-7-. The summed E-state index contributed by atoms with van der Waals surface area (Å²) in [5.41, 5.74) is 2.95. The van der Waals surface area contributed by atoms with Crippen molar-refractivity contribution in [3.8, 4) is 0 Å². The zero-order chi connectivity index (χ0) is 13.8. The van der Waals surface area contributed by atoms with E-state index in [1.165, 1.54) is 6.07 Å². The molecule has 0 saturated carbocycles. The minimum Gasteiger partial charge on any atom is -0.278 e. The number of nitrogens with zero attached hydrogens (tertiary/aromatic N) is 1. The lowest BCUT2D eigenvalue weighted by Gasteiger charge is -2.02. The van der Waals surface area contributed by atoms with Crippen molar-refractivity contribution in [2.24, 2.45) is 5.10 Å². The van der Waals surface area contributed by atoms with Gasteiger partial charge < -0.3 is 0 Å². The van der Waals surface area contributed by atoms with E-state index >= 15 is 0 Å². The molecule has 0 radical (unpaired) electrons. The van der Waals surface area contributed by atoms with E-state index in [4.69, 9.17) is 23.2 Å². The summed E-state index contributed by atoms with van der Waals surface area (Å²) in [6.45, 7) is 0. The van der Waals surface area contributed by atoms with Gasteiger partial charge in [0.25, 0.3) is 0 Å². The van der Waals surface area contributed by atoms with Gasteiger partial charge >= 0.3 is 0 Å². The highest BCUT2D eigenvalue weighted by molar-refractivity contribution is 6.42. The van der Waals surface area contributed by atoms with Gasteiger partial charge in [-0.05, 0) is 30.3 Å². The molecule has 0 bridgehead atoms. The van der Waals surface area contributed by atoms with E-state index in [9.17, 15) is 8.78 Å². The number of hydrogen-bond donors (Lipinski definition) is 1. The van der Waals surface area contributed by atoms with Crippen molar-refractivity contribution in [2.75, 3.05) is 5.43 Å². The van der Waals surface area contributed by atoms with Crippen LogP contribution in [0.4, 0.5) is 14.5 Å². The lowest BCUT2D eigenvalue weighted by molar-refractivity contribution is 0.580. The second-order valence-electron chi connectivity index (χ2n) is 3.63. The second-order valence-corrected chi connectivity index (χ2v) is 4.45. The van der Waals surface area contributed by atoms with Crippen LogP contribution in [0, 0.1) is 11.6 Å². The number of anilines is 1. The molecule has 0 heterocycles. The molecule has 0 unspecified atom stereocenters. The predicted molar refractivity (Wildman–Crippen MR) is 74.0 cm³/mol. The Hall–Kier alpha value is -1.65. The van der Waals surface area contributed by atoms with E-state index in [-0.39, 0.29) is 5.56 Å². The maximum Gasteiger partial charge on any atom is 0.134 e. The maximum atomic E-state index is 13.3. The van der Waals surface area contributed by atoms with Gasteiger partial charge in [0.05, 0.1) is 27.5 Å². The van der Waals surface area contributed by atoms with Gasteiger partial charge in [-0.15, -0.1) is 0 Å². The van der Waals surface area contributed by atoms with Crippen molar-refractivity contribution in [2.45, 2.75) is 0 Å². The van der Waals surface area contributed by atoms with Crippen LogP contribution in [0.2, 0.25) is 10.0 Å². The van der Waals surface area contributed by atoms with Gasteiger partial charge in [-0.3, -0.25) is 5.43 Å². The third-order valence-electron chi connectivity index (χ3n) is 2.31. The lowest BCUT2D eigenvalue weighted by Crippen LogP contribution is -1.96. The molecular weight excluding hydrogens is 293 g/mol. The van der Waals surface area contributed by atoms with Gasteiger partial charge in [0.15, 0.2) is 0 Å². The highest BCUT2D eigenvalue weighted by Crippen LogP contribution is 2.24. The normalized spacial score (nSPS) is 10.9. The smallest absolute Gasteiger partial charge is 0.134 e. The van der Waals surface area contributed by atoms with Crippen molar-refractivity contribution in [3.63, 3.8) is 0 Å². The first kappa shape index (κ1) is 13.8. The van der Waals surface area contributed by atoms with Gasteiger partial charge in [0, 0.05) is 0 Å². The molecule has 6 heteroatoms. The molecule has 2 rings (SSSR count). The topological polar surface area (TPSA) is 24.4 Å². The van der Waals surface area contributed by atoms with Gasteiger partial charge in [-0.1, -0.05) is 29.3 Å². The zero-order valence-electron chi connectivity index (χ0n) is 9.50. The quantitative estimate of drug-likeness (QED) is 0.644. The van der Waals surface area contributed by atoms with Crippen molar-refractivity contribution in [1.29, 1.82) is 0 Å². The molecule has 0 atom stereocenters. The minimum atomic E-state index is -0.681. The minimum absolute atomic E-state index is 0.213. The number of benzene rings is 2. The van der Waals surface area contributed by atoms with Crippen LogP contribution in [0.1, 0.15) is 5.56 Å². The maximum absolute atomic E-state index is 13.3. The Labute approximate surface area is 118 Å². The number of rotatable bonds is 3. The highest BCUT2D eigenvalue weighted by atomic mass is 35.5. The Bertz CT molecular complexity index is 610. The molecule has 0 aliphatic carbocycles. The second kappa shape index (κ2) is 5.99. The molecule has 2 nitrogen and oxygen atoms in total. The monoisotopic (exact) mass is 300 g/mol. The van der Waals surface area contributed by atoms with E-state index in [2.05, 4.69) is 10.5 Å². The molecule has 0 aromatic heterocycles. The number of hydrogen-bond acceptors (Lipinski definition) is 2. The number of nitrogens with one attached hydrogen (secondary N) is 1. The molecule has 1 N–H and O–H groups in total. The average molecular weight is 301 g/mol. The van der Waals surface area contributed by atoms with Crippen LogP contribution in [0.25, 0.3) is 0 Å². The van der Waals surface area contributed by atoms with Crippen molar-refractivity contribution >= 4 is 35.1 Å². The molecule has 2 aromatic carbocycles. The predicted octanol–water partition coefficient (Wildman–Crippen LogP) is 4.72. The summed E-state index contributed by atoms with van der Waals surface area (Å²) < 4.78 is 26.6. The summed E-state index contributed by atoms with van der Waals surface area (Å²) in [5, 5.41) is 4.52. The Morgan fingerprint density at radius 2 is 1.68 bits per heavy atom. The number of halogens is 4. The van der Waals surface area contributed by atoms with Crippen LogP contribution in [0.15, 0.2) is 41.5 Å². The van der Waals surface area contributed by atoms with Crippen LogP contribution in [0.5, 0.6) is 0 Å². The van der Waals surface area contributed by atoms with E-state index in [0.29, 0.717) is 15.7 Å². The summed E-state index contributed by atoms with van der Waals surface area (Å²) in [7, 11) is 0. The van der Waals surface area contributed by atoms with Crippen molar-refractivity contribution in [1.82, 2.24) is 0 Å². The molecular formula is C13H8Cl2F2N2. The fourth-order valence-corrected chi connectivity index (χ4v) is 1.67. The molecule has 19 heavy (non-hydrogen) atoms. The zero-order valence-corrected chi connectivity index (χ0v) is 11.0. The molecule has 0 aliphatic rings. The molecule has 0 spiro atoms. The van der Waals surface area contributed by atoms with Crippen molar-refractivity contribution in [3.05, 3.63) is 63.6 Å². The Morgan fingerprint density at radius 3 is 2.32 bits per heavy atom. The first-order chi connectivity index (χ1) is 9.08. The van der Waals surface area contributed by atoms with Crippen LogP contribution >= 0.6 is 23.2 Å². The molecule has 0 fully saturated rings. The summed E-state index contributed by atoms with van der Waals surface area (Å²) in [6.07, 6.45) is 1.06. The fraction of sp³-hybridized carbons (Fsp3) is 0. The SMILES string of the molecule is Fc1cccc(F)c1/C=N\Nc1ccc(Cl)c(Cl)c1. The summed E-state index contributed by atoms with van der Waals surface area (Å²) in [4.78, 5) is 0. The van der Waals surface area contributed by atoms with Gasteiger partial charge in [-0.2, -0.15) is 5.10 Å². The first-order valence-corrected chi connectivity index (χ1v) is 6.01. The summed E-state index contributed by atoms with van der Waals surface area (Å²) >= 11 is 11.6. The van der Waals surface area contributed by atoms with E-state index in [1.54, 1.807) is 18.2 Å². The summed E-state index contributed by atoms with van der Waals surface area (Å²) in [6, 6.07) is 8.38. The Kier molecular flexibility index (Phi) is 4.35. The van der Waals surface area contributed by atoms with Crippen molar-refractivity contribution < 1.29 is 8.78 Å². The molecule has 98 valence electrons. The Morgan fingerprint density at radius 1 is 1.00 bits per heavy atom. The number of hydrazone groups is 1. The lowest BCUT2D eigenvalue weighted by atomic mass is 10.2. The van der Waals surface area contributed by atoms with Crippen LogP contribution in [0.3, 0.4) is 0 Å². The van der Waals surface area contributed by atoms with E-state index in [0.717, 1.165) is 18.3 Å². The highest BCUT2D eigenvalue weighted by Gasteiger charge is 2.05. The fourth-order valence-electron chi connectivity index (χ4n) is 1.37.